The minimum absolute atomic E-state index is 0.279. The summed E-state index contributed by atoms with van der Waals surface area (Å²) >= 11 is 0. The molecule has 0 atom stereocenters. The molecule has 1 aliphatic heterocycles. The highest BCUT2D eigenvalue weighted by atomic mass is 16.7. The Morgan fingerprint density at radius 1 is 0.947 bits per heavy atom. The van der Waals surface area contributed by atoms with Crippen LogP contribution in [0.1, 0.15) is 31.9 Å². The summed E-state index contributed by atoms with van der Waals surface area (Å²) in [5.74, 6) is -2.25. The summed E-state index contributed by atoms with van der Waals surface area (Å²) in [6.07, 6.45) is 0.279. The first-order valence-corrected chi connectivity index (χ1v) is 6.25. The molecule has 1 aromatic rings. The van der Waals surface area contributed by atoms with E-state index >= 15 is 0 Å². The number of benzene rings is 1. The first kappa shape index (κ1) is 13.6. The second kappa shape index (κ2) is 4.37. The van der Waals surface area contributed by atoms with Gasteiger partial charge in [0.25, 0.3) is 5.79 Å². The molecule has 102 valence electrons. The Bertz CT molecular complexity index is 493. The molecule has 1 aromatic carbocycles. The van der Waals surface area contributed by atoms with Crippen LogP contribution in [0.2, 0.25) is 0 Å². The summed E-state index contributed by atoms with van der Waals surface area (Å²) in [7, 11) is 0. The van der Waals surface area contributed by atoms with Gasteiger partial charge in [-0.3, -0.25) is 9.59 Å². The number of cyclic esters (lactones) is 2. The molecule has 4 heteroatoms. The molecule has 0 aromatic heterocycles. The van der Waals surface area contributed by atoms with E-state index in [1.54, 1.807) is 20.8 Å². The molecule has 1 heterocycles. The van der Waals surface area contributed by atoms with Gasteiger partial charge >= 0.3 is 11.9 Å². The smallest absolute Gasteiger partial charge is 0.326 e. The SMILES string of the molecule is Cc1ccc(CC2(C)C(=O)OC(C)(C)OC2=O)cc1. The van der Waals surface area contributed by atoms with Crippen molar-refractivity contribution in [3.05, 3.63) is 35.4 Å². The molecular formula is C15H18O4. The second-order valence-corrected chi connectivity index (χ2v) is 5.67. The Balaban J connectivity index is 2.25. The van der Waals surface area contributed by atoms with Crippen LogP contribution in [0.15, 0.2) is 24.3 Å². The lowest BCUT2D eigenvalue weighted by molar-refractivity contribution is -0.249. The van der Waals surface area contributed by atoms with Crippen LogP contribution in [0.3, 0.4) is 0 Å². The predicted octanol–water partition coefficient (Wildman–Crippen LogP) is 2.38. The summed E-state index contributed by atoms with van der Waals surface area (Å²) in [6, 6.07) is 7.70. The lowest BCUT2D eigenvalue weighted by atomic mass is 9.82. The molecule has 0 radical (unpaired) electrons. The van der Waals surface area contributed by atoms with Crippen LogP contribution in [0.5, 0.6) is 0 Å². The van der Waals surface area contributed by atoms with E-state index in [1.807, 2.05) is 31.2 Å². The third kappa shape index (κ3) is 2.62. The monoisotopic (exact) mass is 262 g/mol. The molecule has 0 spiro atoms. The van der Waals surface area contributed by atoms with Crippen LogP contribution in [0.25, 0.3) is 0 Å². The van der Waals surface area contributed by atoms with Crippen molar-refractivity contribution in [2.45, 2.75) is 39.9 Å². The second-order valence-electron chi connectivity index (χ2n) is 5.67. The average molecular weight is 262 g/mol. The molecule has 1 saturated heterocycles. The molecule has 4 nitrogen and oxygen atoms in total. The van der Waals surface area contributed by atoms with Crippen molar-refractivity contribution in [3.8, 4) is 0 Å². The molecule has 19 heavy (non-hydrogen) atoms. The number of hydrogen-bond acceptors (Lipinski definition) is 4. The molecule has 2 rings (SSSR count). The van der Waals surface area contributed by atoms with E-state index in [-0.39, 0.29) is 6.42 Å². The molecule has 1 fully saturated rings. The van der Waals surface area contributed by atoms with Gasteiger partial charge in [0, 0.05) is 13.8 Å². The lowest BCUT2D eigenvalue weighted by Crippen LogP contribution is -2.53. The summed E-state index contributed by atoms with van der Waals surface area (Å²) in [5.41, 5.74) is 0.760. The molecule has 0 saturated carbocycles. The van der Waals surface area contributed by atoms with E-state index in [2.05, 4.69) is 0 Å². The van der Waals surface area contributed by atoms with Crippen LogP contribution in [-0.2, 0) is 25.5 Å². The molecule has 0 amide bonds. The maximum Gasteiger partial charge on any atom is 0.326 e. The Morgan fingerprint density at radius 2 is 1.42 bits per heavy atom. The first-order valence-electron chi connectivity index (χ1n) is 6.25. The number of carbonyl (C=O) groups is 2. The zero-order valence-electron chi connectivity index (χ0n) is 11.6. The fourth-order valence-electron chi connectivity index (χ4n) is 2.03. The number of hydrogen-bond donors (Lipinski definition) is 0. The van der Waals surface area contributed by atoms with Gasteiger partial charge in [-0.05, 0) is 25.8 Å². The Hall–Kier alpha value is -1.84. The third-order valence-corrected chi connectivity index (χ3v) is 3.26. The largest absolute Gasteiger partial charge is 0.422 e. The summed E-state index contributed by atoms with van der Waals surface area (Å²) in [6.45, 7) is 6.65. The van der Waals surface area contributed by atoms with Crippen molar-refractivity contribution >= 4 is 11.9 Å². The van der Waals surface area contributed by atoms with Crippen molar-refractivity contribution in [3.63, 3.8) is 0 Å². The minimum Gasteiger partial charge on any atom is -0.422 e. The standard InChI is InChI=1S/C15H18O4/c1-10-5-7-11(8-6-10)9-15(4)12(16)18-14(2,3)19-13(15)17/h5-8H,9H2,1-4H3. The van der Waals surface area contributed by atoms with Crippen molar-refractivity contribution in [1.29, 1.82) is 0 Å². The molecule has 0 aliphatic carbocycles. The van der Waals surface area contributed by atoms with E-state index < -0.39 is 23.1 Å². The average Bonchev–Trinajstić information content (AvgIpc) is 2.29. The van der Waals surface area contributed by atoms with Crippen molar-refractivity contribution in [2.75, 3.05) is 0 Å². The van der Waals surface area contributed by atoms with Gasteiger partial charge in [-0.1, -0.05) is 29.8 Å². The Kier molecular flexibility index (Phi) is 3.12. The zero-order chi connectivity index (χ0) is 14.3. The fourth-order valence-corrected chi connectivity index (χ4v) is 2.03. The van der Waals surface area contributed by atoms with Gasteiger partial charge in [0.1, 0.15) is 0 Å². The Morgan fingerprint density at radius 3 is 1.89 bits per heavy atom. The van der Waals surface area contributed by atoms with Crippen LogP contribution >= 0.6 is 0 Å². The maximum atomic E-state index is 12.1. The lowest BCUT2D eigenvalue weighted by Gasteiger charge is -2.38. The van der Waals surface area contributed by atoms with E-state index in [9.17, 15) is 9.59 Å². The normalized spacial score (nSPS) is 20.6. The highest BCUT2D eigenvalue weighted by molar-refractivity contribution is 6.01. The van der Waals surface area contributed by atoms with Gasteiger partial charge in [0.2, 0.25) is 0 Å². The fraction of sp³-hybridized carbons (Fsp3) is 0.467. The molecule has 0 N–H and O–H groups in total. The maximum absolute atomic E-state index is 12.1. The molecule has 0 unspecified atom stereocenters. The third-order valence-electron chi connectivity index (χ3n) is 3.26. The van der Waals surface area contributed by atoms with Gasteiger partial charge in [0.05, 0.1) is 0 Å². The summed E-state index contributed by atoms with van der Waals surface area (Å²) in [4.78, 5) is 24.2. The summed E-state index contributed by atoms with van der Waals surface area (Å²) < 4.78 is 10.3. The zero-order valence-corrected chi connectivity index (χ0v) is 11.6. The van der Waals surface area contributed by atoms with Gasteiger partial charge < -0.3 is 9.47 Å². The molecular weight excluding hydrogens is 244 g/mol. The summed E-state index contributed by atoms with van der Waals surface area (Å²) in [5, 5.41) is 0. The van der Waals surface area contributed by atoms with E-state index in [4.69, 9.17) is 9.47 Å². The van der Waals surface area contributed by atoms with Crippen LogP contribution in [0.4, 0.5) is 0 Å². The number of rotatable bonds is 2. The number of aryl methyl sites for hydroxylation is 1. The van der Waals surface area contributed by atoms with Crippen LogP contribution < -0.4 is 0 Å². The van der Waals surface area contributed by atoms with Gasteiger partial charge in [-0.15, -0.1) is 0 Å². The Labute approximate surface area is 112 Å². The highest BCUT2D eigenvalue weighted by Gasteiger charge is 2.52. The van der Waals surface area contributed by atoms with Gasteiger partial charge in [-0.2, -0.15) is 0 Å². The predicted molar refractivity (Wildman–Crippen MR) is 69.3 cm³/mol. The van der Waals surface area contributed by atoms with Crippen molar-refractivity contribution in [1.82, 2.24) is 0 Å². The highest BCUT2D eigenvalue weighted by Crippen LogP contribution is 2.34. The van der Waals surface area contributed by atoms with Crippen LogP contribution in [-0.4, -0.2) is 17.7 Å². The van der Waals surface area contributed by atoms with Crippen LogP contribution in [0, 0.1) is 12.3 Å². The topological polar surface area (TPSA) is 52.6 Å². The first-order chi connectivity index (χ1) is 8.73. The van der Waals surface area contributed by atoms with Crippen molar-refractivity contribution < 1.29 is 19.1 Å². The van der Waals surface area contributed by atoms with Gasteiger partial charge in [0.15, 0.2) is 5.41 Å². The molecule has 1 aliphatic rings. The van der Waals surface area contributed by atoms with E-state index in [1.165, 1.54) is 0 Å². The quantitative estimate of drug-likeness (QED) is 0.606. The van der Waals surface area contributed by atoms with Crippen molar-refractivity contribution in [2.24, 2.45) is 5.41 Å². The number of ether oxygens (including phenoxy) is 2. The van der Waals surface area contributed by atoms with Gasteiger partial charge in [-0.25, -0.2) is 0 Å². The van der Waals surface area contributed by atoms with E-state index in [0.717, 1.165) is 11.1 Å². The van der Waals surface area contributed by atoms with E-state index in [0.29, 0.717) is 0 Å². The number of carbonyl (C=O) groups excluding carboxylic acids is 2. The number of esters is 2. The molecule has 0 bridgehead atoms. The minimum atomic E-state index is -1.27.